The molecule has 1 aliphatic heterocycles. The molecule has 2 heterocycles. The molecule has 9 heteroatoms. The lowest BCUT2D eigenvalue weighted by Crippen LogP contribution is -2.36. The van der Waals surface area contributed by atoms with E-state index in [0.29, 0.717) is 46.1 Å². The summed E-state index contributed by atoms with van der Waals surface area (Å²) in [4.78, 5) is 19.2. The maximum atomic E-state index is 13.0. The maximum Gasteiger partial charge on any atom is 0.247 e. The predicted octanol–water partition coefficient (Wildman–Crippen LogP) is 4.81. The lowest BCUT2D eigenvalue weighted by atomic mass is 10.0. The largest absolute Gasteiger partial charge is 0.493 e. The van der Waals surface area contributed by atoms with Crippen molar-refractivity contribution in [2.24, 2.45) is 0 Å². The Labute approximate surface area is 197 Å². The van der Waals surface area contributed by atoms with E-state index in [1.165, 1.54) is 18.7 Å². The molecule has 33 heavy (non-hydrogen) atoms. The molecular formula is C24H26N4O4S. The number of rotatable bonds is 6. The Morgan fingerprint density at radius 1 is 1.15 bits per heavy atom. The molecule has 0 unspecified atom stereocenters. The summed E-state index contributed by atoms with van der Waals surface area (Å²) in [6.45, 7) is 7.94. The second-order valence-electron chi connectivity index (χ2n) is 7.40. The Balaban J connectivity index is 1.93. The highest BCUT2D eigenvalue weighted by Gasteiger charge is 2.35. The molecule has 0 saturated carbocycles. The number of carbonyl (C=O) groups is 1. The fourth-order valence-corrected chi connectivity index (χ4v) is 4.24. The minimum Gasteiger partial charge on any atom is -0.493 e. The first kappa shape index (κ1) is 22.8. The first-order valence-electron chi connectivity index (χ1n) is 10.7. The first-order chi connectivity index (χ1) is 16.0. The number of ether oxygens (including phenoxy) is 3. The first-order valence-corrected chi connectivity index (χ1v) is 11.7. The van der Waals surface area contributed by atoms with Gasteiger partial charge in [-0.05, 0) is 49.9 Å². The van der Waals surface area contributed by atoms with E-state index in [-0.39, 0.29) is 5.91 Å². The van der Waals surface area contributed by atoms with Gasteiger partial charge in [0.05, 0.1) is 19.4 Å². The van der Waals surface area contributed by atoms with Crippen LogP contribution in [0.25, 0.3) is 11.3 Å². The molecular weight excluding hydrogens is 440 g/mol. The molecule has 1 aromatic heterocycles. The number of hydrogen-bond acceptors (Lipinski definition) is 8. The van der Waals surface area contributed by atoms with E-state index in [2.05, 4.69) is 15.2 Å². The molecule has 0 bridgehead atoms. The van der Waals surface area contributed by atoms with Crippen molar-refractivity contribution in [1.82, 2.24) is 15.2 Å². The number of thioether (sulfide) groups is 1. The van der Waals surface area contributed by atoms with Gasteiger partial charge in [0.15, 0.2) is 17.2 Å². The van der Waals surface area contributed by atoms with Gasteiger partial charge in [-0.3, -0.25) is 9.69 Å². The summed E-state index contributed by atoms with van der Waals surface area (Å²) in [6.07, 6.45) is -0.786. The van der Waals surface area contributed by atoms with Gasteiger partial charge in [0.25, 0.3) is 0 Å². The molecule has 0 saturated heterocycles. The lowest BCUT2D eigenvalue weighted by Gasteiger charge is -2.30. The number of carbonyl (C=O) groups excluding carboxylic acids is 1. The summed E-state index contributed by atoms with van der Waals surface area (Å²) >= 11 is 1.48. The molecule has 2 aromatic carbocycles. The molecule has 0 fully saturated rings. The molecule has 8 nitrogen and oxygen atoms in total. The third-order valence-electron chi connectivity index (χ3n) is 5.15. The summed E-state index contributed by atoms with van der Waals surface area (Å²) in [5.74, 6) is 2.12. The number of hydrogen-bond donors (Lipinski definition) is 0. The number of amides is 1. The molecule has 0 radical (unpaired) electrons. The van der Waals surface area contributed by atoms with Crippen LogP contribution in [-0.2, 0) is 4.79 Å². The van der Waals surface area contributed by atoms with Gasteiger partial charge in [-0.2, -0.15) is 4.98 Å². The Bertz CT molecular complexity index is 1190. The van der Waals surface area contributed by atoms with Crippen LogP contribution in [0.2, 0.25) is 0 Å². The molecule has 0 aliphatic carbocycles. The van der Waals surface area contributed by atoms with Crippen LogP contribution >= 0.6 is 11.8 Å². The summed E-state index contributed by atoms with van der Waals surface area (Å²) < 4.78 is 17.6. The van der Waals surface area contributed by atoms with Crippen LogP contribution in [0.3, 0.4) is 0 Å². The molecule has 1 amide bonds. The highest BCUT2D eigenvalue weighted by Crippen LogP contribution is 2.44. The molecule has 172 valence electrons. The zero-order valence-corrected chi connectivity index (χ0v) is 20.1. The smallest absolute Gasteiger partial charge is 0.247 e. The Hall–Kier alpha value is -3.33. The molecule has 1 aliphatic rings. The third-order valence-corrected chi connectivity index (χ3v) is 5.86. The summed E-state index contributed by atoms with van der Waals surface area (Å²) in [7, 11) is 1.58. The zero-order chi connectivity index (χ0) is 23.5. The summed E-state index contributed by atoms with van der Waals surface area (Å²) in [6, 6.07) is 11.3. The topological polar surface area (TPSA) is 86.7 Å². The van der Waals surface area contributed by atoms with Crippen molar-refractivity contribution in [2.75, 3.05) is 24.4 Å². The minimum atomic E-state index is -0.786. The second-order valence-corrected chi connectivity index (χ2v) is 8.64. The van der Waals surface area contributed by atoms with Gasteiger partial charge in [0.2, 0.25) is 23.2 Å². The predicted molar refractivity (Wildman–Crippen MR) is 127 cm³/mol. The highest BCUT2D eigenvalue weighted by molar-refractivity contribution is 7.99. The van der Waals surface area contributed by atoms with Gasteiger partial charge in [0, 0.05) is 18.1 Å². The monoisotopic (exact) mass is 466 g/mol. The van der Waals surface area contributed by atoms with Gasteiger partial charge in [-0.15, -0.1) is 10.2 Å². The fraction of sp³-hybridized carbons (Fsp3) is 0.333. The minimum absolute atomic E-state index is 0.179. The summed E-state index contributed by atoms with van der Waals surface area (Å²) in [5, 5.41) is 9.21. The van der Waals surface area contributed by atoms with Gasteiger partial charge in [-0.1, -0.05) is 30.3 Å². The van der Waals surface area contributed by atoms with E-state index in [1.54, 1.807) is 12.0 Å². The highest BCUT2D eigenvalue weighted by atomic mass is 32.2. The van der Waals surface area contributed by atoms with E-state index in [1.807, 2.05) is 57.2 Å². The van der Waals surface area contributed by atoms with Crippen LogP contribution in [0.15, 0.2) is 41.6 Å². The average molecular weight is 467 g/mol. The van der Waals surface area contributed by atoms with Crippen molar-refractivity contribution in [3.05, 3.63) is 47.5 Å². The quantitative estimate of drug-likeness (QED) is 0.479. The molecule has 4 rings (SSSR count). The van der Waals surface area contributed by atoms with Gasteiger partial charge in [-0.25, -0.2) is 0 Å². The SMILES string of the molecule is CCOc1ccc([C@H]2Oc3nc(SCC)nnc3-c3cc(C)ccc3N2C(C)=O)cc1OC. The Kier molecular flexibility index (Phi) is 6.69. The van der Waals surface area contributed by atoms with Crippen LogP contribution in [0, 0.1) is 6.92 Å². The van der Waals surface area contributed by atoms with E-state index < -0.39 is 6.23 Å². The maximum absolute atomic E-state index is 13.0. The number of aromatic nitrogens is 3. The van der Waals surface area contributed by atoms with Gasteiger partial charge >= 0.3 is 0 Å². The van der Waals surface area contributed by atoms with Crippen molar-refractivity contribution >= 4 is 23.4 Å². The van der Waals surface area contributed by atoms with E-state index in [9.17, 15) is 4.79 Å². The molecule has 0 spiro atoms. The fourth-order valence-electron chi connectivity index (χ4n) is 3.74. The lowest BCUT2D eigenvalue weighted by molar-refractivity contribution is -0.118. The Morgan fingerprint density at radius 2 is 1.97 bits per heavy atom. The van der Waals surface area contributed by atoms with Crippen LogP contribution in [0.4, 0.5) is 5.69 Å². The average Bonchev–Trinajstić information content (AvgIpc) is 2.94. The molecule has 1 atom stereocenters. The molecule has 0 N–H and O–H groups in total. The van der Waals surface area contributed by atoms with E-state index in [0.717, 1.165) is 16.9 Å². The Morgan fingerprint density at radius 3 is 2.67 bits per heavy atom. The van der Waals surface area contributed by atoms with Crippen LogP contribution in [0.1, 0.15) is 38.1 Å². The summed E-state index contributed by atoms with van der Waals surface area (Å²) in [5.41, 5.74) is 3.66. The van der Waals surface area contributed by atoms with Crippen molar-refractivity contribution in [2.45, 2.75) is 39.1 Å². The normalized spacial score (nSPS) is 14.6. The van der Waals surface area contributed by atoms with E-state index in [4.69, 9.17) is 14.2 Å². The van der Waals surface area contributed by atoms with Gasteiger partial charge < -0.3 is 14.2 Å². The van der Waals surface area contributed by atoms with Crippen molar-refractivity contribution in [1.29, 1.82) is 0 Å². The number of anilines is 1. The van der Waals surface area contributed by atoms with Crippen molar-refractivity contribution < 1.29 is 19.0 Å². The standard InChI is InChI=1S/C24H26N4O4S/c1-6-31-19-11-9-16(13-20(19)30-5)23-28(15(4)29)18-10-8-14(3)12-17(18)21-22(32-23)25-24(27-26-21)33-7-2/h8-13,23H,6-7H2,1-5H3/t23-/m1/s1. The van der Waals surface area contributed by atoms with Crippen LogP contribution < -0.4 is 19.1 Å². The zero-order valence-electron chi connectivity index (χ0n) is 19.3. The second kappa shape index (κ2) is 9.66. The third kappa shape index (κ3) is 4.45. The number of fused-ring (bicyclic) bond motifs is 3. The van der Waals surface area contributed by atoms with E-state index >= 15 is 0 Å². The number of benzene rings is 2. The number of aryl methyl sites for hydroxylation is 1. The van der Waals surface area contributed by atoms with Crippen molar-refractivity contribution in [3.63, 3.8) is 0 Å². The van der Waals surface area contributed by atoms with Gasteiger partial charge in [0.1, 0.15) is 0 Å². The number of nitrogens with zero attached hydrogens (tertiary/aromatic N) is 4. The number of methoxy groups -OCH3 is 1. The van der Waals surface area contributed by atoms with Crippen LogP contribution in [0.5, 0.6) is 17.4 Å². The van der Waals surface area contributed by atoms with Crippen LogP contribution in [-0.4, -0.2) is 40.6 Å². The molecule has 3 aromatic rings. The van der Waals surface area contributed by atoms with Crippen molar-refractivity contribution in [3.8, 4) is 28.6 Å².